The molecule has 166 valence electrons. The highest BCUT2D eigenvalue weighted by molar-refractivity contribution is 6.37. The lowest BCUT2D eigenvalue weighted by Crippen LogP contribution is -2.15. The lowest BCUT2D eigenvalue weighted by Gasteiger charge is -2.09. The van der Waals surface area contributed by atoms with E-state index in [9.17, 15) is 22.4 Å². The molecule has 0 radical (unpaired) electrons. The minimum Gasteiger partial charge on any atom is -0.318 e. The van der Waals surface area contributed by atoms with Gasteiger partial charge in [-0.15, -0.1) is 0 Å². The number of carbonyl (C=O) groups excluding carboxylic acids is 1. The van der Waals surface area contributed by atoms with Gasteiger partial charge in [-0.3, -0.25) is 9.48 Å². The van der Waals surface area contributed by atoms with Gasteiger partial charge in [-0.1, -0.05) is 29.3 Å². The van der Waals surface area contributed by atoms with Gasteiger partial charge < -0.3 is 5.32 Å². The number of benzene rings is 1. The number of rotatable bonds is 4. The highest BCUT2D eigenvalue weighted by Crippen LogP contribution is 2.32. The molecule has 0 bridgehead atoms. The number of anilines is 1. The molecule has 3 heterocycles. The molecule has 7 nitrogen and oxygen atoms in total. The number of carbonyl (C=O) groups is 1. The van der Waals surface area contributed by atoms with E-state index in [1.54, 1.807) is 0 Å². The van der Waals surface area contributed by atoms with Crippen LogP contribution in [0.15, 0.2) is 36.7 Å². The van der Waals surface area contributed by atoms with Crippen LogP contribution in [0.25, 0.3) is 5.65 Å². The van der Waals surface area contributed by atoms with Gasteiger partial charge in [-0.2, -0.15) is 23.4 Å². The summed E-state index contributed by atoms with van der Waals surface area (Å²) >= 11 is 12.1. The molecular weight excluding hydrogens is 475 g/mol. The van der Waals surface area contributed by atoms with Gasteiger partial charge in [0.15, 0.2) is 11.3 Å². The largest absolute Gasteiger partial charge is 0.433 e. The van der Waals surface area contributed by atoms with Gasteiger partial charge in [0, 0.05) is 16.9 Å². The van der Waals surface area contributed by atoms with Gasteiger partial charge in [-0.05, 0) is 30.7 Å². The Kier molecular flexibility index (Phi) is 5.55. The molecule has 0 aliphatic carbocycles. The molecule has 0 fully saturated rings. The summed E-state index contributed by atoms with van der Waals surface area (Å²) < 4.78 is 55.1. The molecule has 0 aliphatic rings. The molecule has 0 aliphatic heterocycles. The number of hydrogen-bond donors (Lipinski definition) is 1. The van der Waals surface area contributed by atoms with E-state index in [1.807, 2.05) is 0 Å². The second-order valence-corrected chi connectivity index (χ2v) is 7.58. The summed E-state index contributed by atoms with van der Waals surface area (Å²) in [6, 6.07) is 4.73. The lowest BCUT2D eigenvalue weighted by atomic mass is 10.2. The van der Waals surface area contributed by atoms with Crippen LogP contribution in [0, 0.1) is 12.7 Å². The first kappa shape index (κ1) is 22.0. The minimum atomic E-state index is -4.72. The summed E-state index contributed by atoms with van der Waals surface area (Å²) in [6.45, 7) is 1.57. The molecule has 0 atom stereocenters. The van der Waals surface area contributed by atoms with Crippen LogP contribution < -0.4 is 5.32 Å². The van der Waals surface area contributed by atoms with Gasteiger partial charge in [0.25, 0.3) is 5.91 Å². The van der Waals surface area contributed by atoms with Gasteiger partial charge in [-0.25, -0.2) is 13.9 Å². The quantitative estimate of drug-likeness (QED) is 0.411. The maximum absolute atomic E-state index is 13.3. The fourth-order valence-electron chi connectivity index (χ4n) is 2.99. The van der Waals surface area contributed by atoms with Crippen molar-refractivity contribution in [3.8, 4) is 0 Å². The number of hydrogen-bond acceptors (Lipinski definition) is 4. The number of fused-ring (bicyclic) bond motifs is 1. The van der Waals surface area contributed by atoms with Crippen molar-refractivity contribution in [1.29, 1.82) is 0 Å². The van der Waals surface area contributed by atoms with Crippen LogP contribution in [-0.4, -0.2) is 30.3 Å². The van der Waals surface area contributed by atoms with Crippen molar-refractivity contribution in [2.24, 2.45) is 0 Å². The van der Waals surface area contributed by atoms with Gasteiger partial charge >= 0.3 is 6.18 Å². The van der Waals surface area contributed by atoms with Crippen molar-refractivity contribution in [3.05, 3.63) is 75.2 Å². The Balaban J connectivity index is 1.59. The standard InChI is InChI=1S/C19H12Cl2F4N6O/c1-9-4-14(19(23,24)25)31-17(27-9)15(21)16(29-31)18(32)28-12-6-26-30(8-12)7-10-2-3-11(22)5-13(10)20/h2-6,8H,7H2,1H3,(H,28,32). The van der Waals surface area contributed by atoms with Crippen molar-refractivity contribution < 1.29 is 22.4 Å². The Labute approximate surface area is 187 Å². The fraction of sp³-hybridized carbons (Fsp3) is 0.158. The lowest BCUT2D eigenvalue weighted by molar-refractivity contribution is -0.142. The van der Waals surface area contributed by atoms with E-state index < -0.39 is 29.3 Å². The summed E-state index contributed by atoms with van der Waals surface area (Å²) in [6.07, 6.45) is -1.94. The zero-order chi connectivity index (χ0) is 23.2. The van der Waals surface area contributed by atoms with Gasteiger partial charge in [0.05, 0.1) is 18.4 Å². The fourth-order valence-corrected chi connectivity index (χ4v) is 3.46. The van der Waals surface area contributed by atoms with E-state index in [0.717, 1.165) is 6.07 Å². The highest BCUT2D eigenvalue weighted by Gasteiger charge is 2.36. The predicted molar refractivity (Wildman–Crippen MR) is 108 cm³/mol. The number of nitrogens with one attached hydrogen (secondary N) is 1. The van der Waals surface area contributed by atoms with Crippen LogP contribution in [-0.2, 0) is 12.7 Å². The first-order chi connectivity index (χ1) is 15.0. The normalized spacial score (nSPS) is 11.8. The molecule has 1 N–H and O–H groups in total. The second-order valence-electron chi connectivity index (χ2n) is 6.79. The Bertz CT molecular complexity index is 1350. The minimum absolute atomic E-state index is 0.0688. The van der Waals surface area contributed by atoms with Crippen LogP contribution in [0.3, 0.4) is 0 Å². The molecule has 3 aromatic heterocycles. The van der Waals surface area contributed by atoms with Crippen LogP contribution in [0.5, 0.6) is 0 Å². The summed E-state index contributed by atoms with van der Waals surface area (Å²) in [5.41, 5.74) is -0.917. The van der Waals surface area contributed by atoms with Crippen molar-refractivity contribution in [2.75, 3.05) is 5.32 Å². The Morgan fingerprint density at radius 1 is 1.22 bits per heavy atom. The van der Waals surface area contributed by atoms with E-state index in [1.165, 1.54) is 42.2 Å². The Morgan fingerprint density at radius 3 is 2.66 bits per heavy atom. The first-order valence-corrected chi connectivity index (χ1v) is 9.69. The molecule has 4 rings (SSSR count). The Hall–Kier alpha value is -3.18. The summed E-state index contributed by atoms with van der Waals surface area (Å²) in [7, 11) is 0. The second kappa shape index (κ2) is 8.06. The number of alkyl halides is 3. The van der Waals surface area contributed by atoms with Crippen molar-refractivity contribution >= 4 is 40.4 Å². The van der Waals surface area contributed by atoms with Gasteiger partial charge in [0.1, 0.15) is 16.5 Å². The first-order valence-electron chi connectivity index (χ1n) is 8.93. The summed E-state index contributed by atoms with van der Waals surface area (Å²) in [5.74, 6) is -1.32. The smallest absolute Gasteiger partial charge is 0.318 e. The molecule has 4 aromatic rings. The van der Waals surface area contributed by atoms with E-state index in [2.05, 4.69) is 20.5 Å². The molecule has 1 amide bonds. The number of amides is 1. The zero-order valence-electron chi connectivity index (χ0n) is 16.1. The summed E-state index contributed by atoms with van der Waals surface area (Å²) in [5, 5.41) is 10.2. The predicted octanol–water partition coefficient (Wildman–Crippen LogP) is 5.00. The number of aryl methyl sites for hydroxylation is 1. The zero-order valence-corrected chi connectivity index (χ0v) is 17.6. The topological polar surface area (TPSA) is 77.1 Å². The SMILES string of the molecule is Cc1cc(C(F)(F)F)n2nc(C(=O)Nc3cnn(Cc4ccc(F)cc4Cl)c3)c(Cl)c2n1. The van der Waals surface area contributed by atoms with Crippen LogP contribution >= 0.6 is 23.2 Å². The average Bonchev–Trinajstić information content (AvgIpc) is 3.27. The number of halogens is 6. The average molecular weight is 487 g/mol. The van der Waals surface area contributed by atoms with Gasteiger partial charge in [0.2, 0.25) is 0 Å². The van der Waals surface area contributed by atoms with E-state index in [-0.39, 0.29) is 33.6 Å². The van der Waals surface area contributed by atoms with E-state index in [4.69, 9.17) is 23.2 Å². The van der Waals surface area contributed by atoms with Crippen LogP contribution in [0.2, 0.25) is 10.0 Å². The third kappa shape index (κ3) is 4.26. The summed E-state index contributed by atoms with van der Waals surface area (Å²) in [4.78, 5) is 16.6. The Morgan fingerprint density at radius 2 is 1.97 bits per heavy atom. The van der Waals surface area contributed by atoms with Crippen LogP contribution in [0.1, 0.15) is 27.4 Å². The van der Waals surface area contributed by atoms with E-state index >= 15 is 0 Å². The molecule has 13 heteroatoms. The molecule has 1 aromatic carbocycles. The molecule has 0 spiro atoms. The number of aromatic nitrogens is 5. The number of nitrogens with zero attached hydrogens (tertiary/aromatic N) is 5. The van der Waals surface area contributed by atoms with Crippen molar-refractivity contribution in [2.45, 2.75) is 19.6 Å². The molecular formula is C19H12Cl2F4N6O. The highest BCUT2D eigenvalue weighted by atomic mass is 35.5. The maximum atomic E-state index is 13.3. The monoisotopic (exact) mass is 486 g/mol. The van der Waals surface area contributed by atoms with Crippen LogP contribution in [0.4, 0.5) is 23.2 Å². The maximum Gasteiger partial charge on any atom is 0.433 e. The molecule has 0 saturated carbocycles. The molecule has 0 unspecified atom stereocenters. The van der Waals surface area contributed by atoms with Crippen molar-refractivity contribution in [3.63, 3.8) is 0 Å². The third-order valence-electron chi connectivity index (χ3n) is 4.40. The third-order valence-corrected chi connectivity index (χ3v) is 5.10. The van der Waals surface area contributed by atoms with E-state index in [0.29, 0.717) is 10.1 Å². The molecule has 32 heavy (non-hydrogen) atoms. The van der Waals surface area contributed by atoms with Crippen molar-refractivity contribution in [1.82, 2.24) is 24.4 Å². The molecule has 0 saturated heterocycles.